The normalized spacial score (nSPS) is 10.4. The van der Waals surface area contributed by atoms with Crippen LogP contribution in [-0.4, -0.2) is 0 Å². The second-order valence-corrected chi connectivity index (χ2v) is 5.24. The molecule has 0 saturated carbocycles. The summed E-state index contributed by atoms with van der Waals surface area (Å²) in [5, 5.41) is 0.736. The van der Waals surface area contributed by atoms with Crippen LogP contribution < -0.4 is 10.5 Å². The molecule has 0 radical (unpaired) electrons. The highest BCUT2D eigenvalue weighted by Gasteiger charge is 2.05. The average molecular weight is 327 g/mol. The summed E-state index contributed by atoms with van der Waals surface area (Å²) in [5.74, 6) is 1.52. The van der Waals surface area contributed by atoms with Crippen LogP contribution in [-0.2, 0) is 6.54 Å². The van der Waals surface area contributed by atoms with E-state index in [0.29, 0.717) is 6.54 Å². The molecule has 0 unspecified atom stereocenters. The largest absolute Gasteiger partial charge is 0.456 e. The lowest BCUT2D eigenvalue weighted by molar-refractivity contribution is 0.479. The Morgan fingerprint density at radius 2 is 2.00 bits per heavy atom. The van der Waals surface area contributed by atoms with Gasteiger partial charge in [0.15, 0.2) is 0 Å². The first kappa shape index (κ1) is 13.4. The predicted octanol–water partition coefficient (Wildman–Crippen LogP) is 4.66. The van der Waals surface area contributed by atoms with Crippen molar-refractivity contribution in [3.63, 3.8) is 0 Å². The first-order chi connectivity index (χ1) is 8.60. The molecule has 2 rings (SSSR count). The van der Waals surface area contributed by atoms with Crippen molar-refractivity contribution in [3.05, 3.63) is 57.0 Å². The SMILES string of the molecule is Cc1cc(Oc2ccc(CN)cc2Br)ccc1Cl. The molecule has 0 amide bonds. The third kappa shape index (κ3) is 3.05. The summed E-state index contributed by atoms with van der Waals surface area (Å²) < 4.78 is 6.69. The summed E-state index contributed by atoms with van der Waals surface area (Å²) in [6.45, 7) is 2.46. The quantitative estimate of drug-likeness (QED) is 0.890. The van der Waals surface area contributed by atoms with Gasteiger partial charge in [-0.1, -0.05) is 17.7 Å². The maximum atomic E-state index is 5.98. The summed E-state index contributed by atoms with van der Waals surface area (Å²) >= 11 is 9.45. The van der Waals surface area contributed by atoms with Gasteiger partial charge in [0.2, 0.25) is 0 Å². The second kappa shape index (κ2) is 5.74. The molecule has 2 aromatic carbocycles. The van der Waals surface area contributed by atoms with Crippen molar-refractivity contribution >= 4 is 27.5 Å². The highest BCUT2D eigenvalue weighted by Crippen LogP contribution is 2.31. The fourth-order valence-corrected chi connectivity index (χ4v) is 2.19. The van der Waals surface area contributed by atoms with Crippen molar-refractivity contribution in [1.29, 1.82) is 0 Å². The zero-order valence-electron chi connectivity index (χ0n) is 9.91. The number of rotatable bonds is 3. The Balaban J connectivity index is 2.25. The van der Waals surface area contributed by atoms with Gasteiger partial charge in [-0.05, 0) is 64.3 Å². The smallest absolute Gasteiger partial charge is 0.141 e. The van der Waals surface area contributed by atoms with Crippen molar-refractivity contribution in [2.75, 3.05) is 0 Å². The van der Waals surface area contributed by atoms with E-state index in [0.717, 1.165) is 32.1 Å². The van der Waals surface area contributed by atoms with Gasteiger partial charge in [-0.15, -0.1) is 0 Å². The lowest BCUT2D eigenvalue weighted by Gasteiger charge is -2.10. The molecule has 0 aliphatic rings. The molecule has 94 valence electrons. The Labute approximate surface area is 120 Å². The molecule has 18 heavy (non-hydrogen) atoms. The fourth-order valence-electron chi connectivity index (χ4n) is 1.56. The Morgan fingerprint density at radius 1 is 1.22 bits per heavy atom. The average Bonchev–Trinajstić information content (AvgIpc) is 2.36. The molecule has 2 N–H and O–H groups in total. The van der Waals surface area contributed by atoms with Gasteiger partial charge in [-0.2, -0.15) is 0 Å². The van der Waals surface area contributed by atoms with Gasteiger partial charge in [0, 0.05) is 11.6 Å². The van der Waals surface area contributed by atoms with Crippen LogP contribution in [0.1, 0.15) is 11.1 Å². The molecule has 4 heteroatoms. The Morgan fingerprint density at radius 3 is 2.61 bits per heavy atom. The van der Waals surface area contributed by atoms with Gasteiger partial charge >= 0.3 is 0 Å². The highest BCUT2D eigenvalue weighted by atomic mass is 79.9. The molecule has 0 fully saturated rings. The highest BCUT2D eigenvalue weighted by molar-refractivity contribution is 9.10. The van der Waals surface area contributed by atoms with E-state index in [1.165, 1.54) is 0 Å². The fraction of sp³-hybridized carbons (Fsp3) is 0.143. The molecule has 0 saturated heterocycles. The number of nitrogens with two attached hydrogens (primary N) is 1. The molecule has 0 heterocycles. The summed E-state index contributed by atoms with van der Waals surface area (Å²) in [7, 11) is 0. The monoisotopic (exact) mass is 325 g/mol. The first-order valence-electron chi connectivity index (χ1n) is 5.52. The van der Waals surface area contributed by atoms with Crippen molar-refractivity contribution in [3.8, 4) is 11.5 Å². The zero-order chi connectivity index (χ0) is 13.1. The lowest BCUT2D eigenvalue weighted by Crippen LogP contribution is -1.96. The van der Waals surface area contributed by atoms with Crippen molar-refractivity contribution < 1.29 is 4.74 Å². The van der Waals surface area contributed by atoms with Gasteiger partial charge < -0.3 is 10.5 Å². The minimum Gasteiger partial charge on any atom is -0.456 e. The van der Waals surface area contributed by atoms with E-state index in [9.17, 15) is 0 Å². The van der Waals surface area contributed by atoms with E-state index >= 15 is 0 Å². The first-order valence-corrected chi connectivity index (χ1v) is 6.70. The van der Waals surface area contributed by atoms with Gasteiger partial charge in [0.1, 0.15) is 11.5 Å². The maximum absolute atomic E-state index is 5.98. The minimum atomic E-state index is 0.513. The molecule has 0 aromatic heterocycles. The van der Waals surface area contributed by atoms with Crippen LogP contribution in [0.4, 0.5) is 0 Å². The summed E-state index contributed by atoms with van der Waals surface area (Å²) in [4.78, 5) is 0. The molecule has 0 bridgehead atoms. The van der Waals surface area contributed by atoms with Gasteiger partial charge in [-0.25, -0.2) is 0 Å². The molecule has 0 aliphatic heterocycles. The standard InChI is InChI=1S/C14H13BrClNO/c1-9-6-11(3-4-13(9)16)18-14-5-2-10(8-17)7-12(14)15/h2-7H,8,17H2,1H3. The third-order valence-corrected chi connectivity index (χ3v) is 3.63. The Kier molecular flexibility index (Phi) is 4.27. The van der Waals surface area contributed by atoms with Crippen molar-refractivity contribution in [2.24, 2.45) is 5.73 Å². The van der Waals surface area contributed by atoms with E-state index < -0.39 is 0 Å². The van der Waals surface area contributed by atoms with Crippen LogP contribution in [0.3, 0.4) is 0 Å². The summed E-state index contributed by atoms with van der Waals surface area (Å²) in [5.41, 5.74) is 7.63. The Bertz CT molecular complexity index is 572. The van der Waals surface area contributed by atoms with Gasteiger partial charge in [-0.3, -0.25) is 0 Å². The van der Waals surface area contributed by atoms with Crippen LogP contribution in [0.2, 0.25) is 5.02 Å². The molecule has 0 aliphatic carbocycles. The second-order valence-electron chi connectivity index (χ2n) is 3.98. The minimum absolute atomic E-state index is 0.513. The maximum Gasteiger partial charge on any atom is 0.141 e. The summed E-state index contributed by atoms with van der Waals surface area (Å²) in [6, 6.07) is 11.4. The van der Waals surface area contributed by atoms with E-state index in [4.69, 9.17) is 22.1 Å². The van der Waals surface area contributed by atoms with Crippen LogP contribution in [0, 0.1) is 6.92 Å². The van der Waals surface area contributed by atoms with Crippen LogP contribution >= 0.6 is 27.5 Å². The third-order valence-electron chi connectivity index (χ3n) is 2.59. The molecular weight excluding hydrogens is 314 g/mol. The van der Waals surface area contributed by atoms with E-state index in [2.05, 4.69) is 15.9 Å². The van der Waals surface area contributed by atoms with Crippen molar-refractivity contribution in [2.45, 2.75) is 13.5 Å². The topological polar surface area (TPSA) is 35.2 Å². The number of hydrogen-bond donors (Lipinski definition) is 1. The van der Waals surface area contributed by atoms with Gasteiger partial charge in [0.05, 0.1) is 4.47 Å². The van der Waals surface area contributed by atoms with Crippen LogP contribution in [0.15, 0.2) is 40.9 Å². The van der Waals surface area contributed by atoms with Crippen LogP contribution in [0.5, 0.6) is 11.5 Å². The molecule has 0 spiro atoms. The molecular formula is C14H13BrClNO. The lowest BCUT2D eigenvalue weighted by atomic mass is 10.2. The van der Waals surface area contributed by atoms with E-state index in [1.54, 1.807) is 0 Å². The molecule has 2 aromatic rings. The van der Waals surface area contributed by atoms with Crippen LogP contribution in [0.25, 0.3) is 0 Å². The molecule has 2 nitrogen and oxygen atoms in total. The summed E-state index contributed by atoms with van der Waals surface area (Å²) in [6.07, 6.45) is 0. The number of halogens is 2. The Hall–Kier alpha value is -1.03. The number of hydrogen-bond acceptors (Lipinski definition) is 2. The number of ether oxygens (including phenoxy) is 1. The van der Waals surface area contributed by atoms with E-state index in [-0.39, 0.29) is 0 Å². The number of aryl methyl sites for hydroxylation is 1. The van der Waals surface area contributed by atoms with E-state index in [1.807, 2.05) is 43.3 Å². The predicted molar refractivity (Wildman–Crippen MR) is 78.3 cm³/mol. The number of benzene rings is 2. The molecule has 0 atom stereocenters. The van der Waals surface area contributed by atoms with Crippen molar-refractivity contribution in [1.82, 2.24) is 0 Å². The zero-order valence-corrected chi connectivity index (χ0v) is 12.3. The van der Waals surface area contributed by atoms with Gasteiger partial charge in [0.25, 0.3) is 0 Å².